The summed E-state index contributed by atoms with van der Waals surface area (Å²) in [6.45, 7) is 8.70. The maximum atomic E-state index is 13.0. The van der Waals surface area contributed by atoms with Gasteiger partial charge in [-0.25, -0.2) is 0 Å². The fourth-order valence-corrected chi connectivity index (χ4v) is 3.90. The van der Waals surface area contributed by atoms with Gasteiger partial charge in [0.2, 0.25) is 0 Å². The summed E-state index contributed by atoms with van der Waals surface area (Å²) >= 11 is 2.24. The highest BCUT2D eigenvalue weighted by Crippen LogP contribution is 2.37. The monoisotopic (exact) mass is 483 g/mol. The van der Waals surface area contributed by atoms with Gasteiger partial charge in [-0.15, -0.1) is 0 Å². The summed E-state index contributed by atoms with van der Waals surface area (Å²) in [4.78, 5) is 13.0. The Morgan fingerprint density at radius 2 is 1.39 bits per heavy atom. The molecule has 0 radical (unpaired) electrons. The van der Waals surface area contributed by atoms with Crippen LogP contribution in [0, 0.1) is 3.57 Å². The van der Waals surface area contributed by atoms with Crippen LogP contribution in [0.3, 0.4) is 0 Å². The molecule has 0 fully saturated rings. The molecule has 0 aliphatic heterocycles. The summed E-state index contributed by atoms with van der Waals surface area (Å²) in [6, 6.07) is 22.5. The first-order valence-electron chi connectivity index (χ1n) is 9.67. The molecule has 0 aliphatic carbocycles. The van der Waals surface area contributed by atoms with Crippen molar-refractivity contribution in [2.45, 2.75) is 39.5 Å². The molecule has 28 heavy (non-hydrogen) atoms. The first-order valence-corrected chi connectivity index (χ1v) is 10.7. The molecular weight excluding hydrogens is 457 g/mol. The highest BCUT2D eigenvalue weighted by molar-refractivity contribution is 14.1. The van der Waals surface area contributed by atoms with E-state index in [4.69, 9.17) is 0 Å². The first kappa shape index (κ1) is 20.6. The summed E-state index contributed by atoms with van der Waals surface area (Å²) in [5.41, 5.74) is 6.37. The Morgan fingerprint density at radius 1 is 0.786 bits per heavy atom. The van der Waals surface area contributed by atoms with Crippen molar-refractivity contribution in [1.29, 1.82) is 0 Å². The van der Waals surface area contributed by atoms with Crippen molar-refractivity contribution in [3.05, 3.63) is 87.0 Å². The molecule has 0 aromatic heterocycles. The number of halogens is 1. The molecule has 0 bridgehead atoms. The number of anilines is 1. The van der Waals surface area contributed by atoms with Gasteiger partial charge in [-0.2, -0.15) is 0 Å². The highest BCUT2D eigenvalue weighted by atomic mass is 127. The zero-order valence-corrected chi connectivity index (χ0v) is 18.9. The van der Waals surface area contributed by atoms with Crippen LogP contribution < -0.4 is 5.32 Å². The van der Waals surface area contributed by atoms with Gasteiger partial charge in [-0.3, -0.25) is 4.79 Å². The number of carbonyl (C=O) groups excluding carboxylic acids is 1. The molecule has 0 saturated heterocycles. The van der Waals surface area contributed by atoms with Crippen molar-refractivity contribution in [2.24, 2.45) is 0 Å². The van der Waals surface area contributed by atoms with Crippen LogP contribution in [0.15, 0.2) is 66.7 Å². The van der Waals surface area contributed by atoms with E-state index >= 15 is 0 Å². The van der Waals surface area contributed by atoms with Crippen LogP contribution in [-0.4, -0.2) is 5.91 Å². The highest BCUT2D eigenvalue weighted by Gasteiger charge is 2.19. The summed E-state index contributed by atoms with van der Waals surface area (Å²) < 4.78 is 1.05. The number of hydrogen-bond donors (Lipinski definition) is 1. The fourth-order valence-electron chi connectivity index (χ4n) is 3.36. The van der Waals surface area contributed by atoms with Crippen molar-refractivity contribution in [3.63, 3.8) is 0 Å². The van der Waals surface area contributed by atoms with Crippen LogP contribution in [0.5, 0.6) is 0 Å². The standard InChI is InChI=1S/C25H26INO/c1-16(2)22-14-20(18-9-6-5-7-10-18)15-23(17(3)4)24(22)27-25(28)19-11-8-12-21(26)13-19/h5-17H,1-4H3,(H,27,28). The van der Waals surface area contributed by atoms with Crippen molar-refractivity contribution in [2.75, 3.05) is 5.32 Å². The average Bonchev–Trinajstić information content (AvgIpc) is 2.68. The van der Waals surface area contributed by atoms with Gasteiger partial charge in [-0.1, -0.05) is 64.1 Å². The normalized spacial score (nSPS) is 11.1. The Bertz CT molecular complexity index is 948. The van der Waals surface area contributed by atoms with Gasteiger partial charge >= 0.3 is 0 Å². The van der Waals surface area contributed by atoms with E-state index in [1.54, 1.807) is 0 Å². The maximum absolute atomic E-state index is 13.0. The van der Waals surface area contributed by atoms with E-state index in [0.29, 0.717) is 17.4 Å². The van der Waals surface area contributed by atoms with Crippen molar-refractivity contribution < 1.29 is 4.79 Å². The Morgan fingerprint density at radius 3 is 1.93 bits per heavy atom. The molecule has 0 unspecified atom stereocenters. The lowest BCUT2D eigenvalue weighted by Crippen LogP contribution is -2.16. The lowest BCUT2D eigenvalue weighted by atomic mass is 9.88. The summed E-state index contributed by atoms with van der Waals surface area (Å²) in [5, 5.41) is 3.22. The van der Waals surface area contributed by atoms with E-state index in [1.807, 2.05) is 30.3 Å². The number of rotatable bonds is 5. The summed E-state index contributed by atoms with van der Waals surface area (Å²) in [7, 11) is 0. The van der Waals surface area contributed by atoms with E-state index in [2.05, 4.69) is 92.0 Å². The third-order valence-electron chi connectivity index (χ3n) is 4.88. The average molecular weight is 483 g/mol. The second kappa shape index (κ2) is 8.91. The number of hydrogen-bond acceptors (Lipinski definition) is 1. The minimum atomic E-state index is -0.0604. The van der Waals surface area contributed by atoms with Crippen LogP contribution >= 0.6 is 22.6 Å². The minimum absolute atomic E-state index is 0.0604. The number of carbonyl (C=O) groups is 1. The molecular formula is C25H26INO. The molecule has 144 valence electrons. The Kier molecular flexibility index (Phi) is 6.55. The molecule has 3 rings (SSSR count). The van der Waals surface area contributed by atoms with E-state index in [9.17, 15) is 4.79 Å². The zero-order chi connectivity index (χ0) is 20.3. The smallest absolute Gasteiger partial charge is 0.255 e. The first-order chi connectivity index (χ1) is 13.4. The van der Waals surface area contributed by atoms with Gasteiger partial charge in [0, 0.05) is 14.8 Å². The van der Waals surface area contributed by atoms with Gasteiger partial charge in [-0.05, 0) is 87.0 Å². The summed E-state index contributed by atoms with van der Waals surface area (Å²) in [5.74, 6) is 0.537. The number of amides is 1. The molecule has 3 aromatic rings. The van der Waals surface area contributed by atoms with Crippen LogP contribution in [-0.2, 0) is 0 Å². The third kappa shape index (κ3) is 4.64. The molecule has 2 nitrogen and oxygen atoms in total. The van der Waals surface area contributed by atoms with E-state index < -0.39 is 0 Å². The zero-order valence-electron chi connectivity index (χ0n) is 16.8. The Hall–Kier alpha value is -2.14. The molecule has 0 spiro atoms. The lowest BCUT2D eigenvalue weighted by Gasteiger charge is -2.22. The second-order valence-electron chi connectivity index (χ2n) is 7.67. The van der Waals surface area contributed by atoms with Crippen LogP contribution in [0.1, 0.15) is 61.0 Å². The van der Waals surface area contributed by atoms with Crippen LogP contribution in [0.4, 0.5) is 5.69 Å². The van der Waals surface area contributed by atoms with Gasteiger partial charge < -0.3 is 5.32 Å². The molecule has 0 aliphatic rings. The molecule has 1 amide bonds. The quantitative estimate of drug-likeness (QED) is 0.375. The molecule has 0 saturated carbocycles. The SMILES string of the molecule is CC(C)c1cc(-c2ccccc2)cc(C(C)C)c1NC(=O)c1cccc(I)c1. The Labute approximate surface area is 181 Å². The Balaban J connectivity index is 2.10. The van der Waals surface area contributed by atoms with Gasteiger partial charge in [0.25, 0.3) is 5.91 Å². The summed E-state index contributed by atoms with van der Waals surface area (Å²) in [6.07, 6.45) is 0. The van der Waals surface area contributed by atoms with Crippen molar-refractivity contribution >= 4 is 34.2 Å². The lowest BCUT2D eigenvalue weighted by molar-refractivity contribution is 0.102. The molecule has 1 N–H and O–H groups in total. The maximum Gasteiger partial charge on any atom is 0.255 e. The number of nitrogens with one attached hydrogen (secondary N) is 1. The van der Waals surface area contributed by atoms with Gasteiger partial charge in [0.05, 0.1) is 0 Å². The van der Waals surface area contributed by atoms with Gasteiger partial charge in [0.15, 0.2) is 0 Å². The fraction of sp³-hybridized carbons (Fsp3) is 0.240. The van der Waals surface area contributed by atoms with Crippen LogP contribution in [0.2, 0.25) is 0 Å². The van der Waals surface area contributed by atoms with Crippen LogP contribution in [0.25, 0.3) is 11.1 Å². The van der Waals surface area contributed by atoms with E-state index in [0.717, 1.165) is 9.26 Å². The predicted molar refractivity (Wildman–Crippen MR) is 127 cm³/mol. The van der Waals surface area contributed by atoms with Crippen molar-refractivity contribution in [3.8, 4) is 11.1 Å². The van der Waals surface area contributed by atoms with E-state index in [1.165, 1.54) is 22.3 Å². The molecule has 3 aromatic carbocycles. The number of benzene rings is 3. The largest absolute Gasteiger partial charge is 0.321 e. The minimum Gasteiger partial charge on any atom is -0.321 e. The molecule has 0 heterocycles. The second-order valence-corrected chi connectivity index (χ2v) is 8.92. The third-order valence-corrected chi connectivity index (χ3v) is 5.55. The van der Waals surface area contributed by atoms with E-state index in [-0.39, 0.29) is 5.91 Å². The van der Waals surface area contributed by atoms with Gasteiger partial charge in [0.1, 0.15) is 0 Å². The molecule has 0 atom stereocenters. The van der Waals surface area contributed by atoms with Crippen molar-refractivity contribution in [1.82, 2.24) is 0 Å². The predicted octanol–water partition coefficient (Wildman–Crippen LogP) is 7.46. The molecule has 3 heteroatoms. The topological polar surface area (TPSA) is 29.1 Å².